The maximum Gasteiger partial charge on any atom is 0.133 e. The number of rotatable bonds is 3. The number of nitrogens with zero attached hydrogens (tertiary/aromatic N) is 1. The Kier molecular flexibility index (Phi) is 3.69. The molecule has 0 radical (unpaired) electrons. The third kappa shape index (κ3) is 2.29. The standard InChI is InChI=1S/C9H17NO2/c1-10(6-7-11)8-4-2-3-5-9(8)12/h7-9,12H,2-6H2,1H3. The largest absolute Gasteiger partial charge is 0.391 e. The molecule has 0 saturated heterocycles. The van der Waals surface area contributed by atoms with Crippen molar-refractivity contribution < 1.29 is 9.90 Å². The number of carbonyl (C=O) groups excluding carboxylic acids is 1. The van der Waals surface area contributed by atoms with Crippen molar-refractivity contribution in [3.05, 3.63) is 0 Å². The van der Waals surface area contributed by atoms with Gasteiger partial charge in [0.2, 0.25) is 0 Å². The van der Waals surface area contributed by atoms with E-state index in [-0.39, 0.29) is 12.1 Å². The summed E-state index contributed by atoms with van der Waals surface area (Å²) in [4.78, 5) is 12.2. The maximum absolute atomic E-state index is 10.2. The zero-order valence-electron chi connectivity index (χ0n) is 7.57. The molecule has 0 aromatic carbocycles. The summed E-state index contributed by atoms with van der Waals surface area (Å²) in [6.45, 7) is 0.432. The summed E-state index contributed by atoms with van der Waals surface area (Å²) >= 11 is 0. The van der Waals surface area contributed by atoms with Crippen LogP contribution in [0.1, 0.15) is 25.7 Å². The Morgan fingerprint density at radius 2 is 2.17 bits per heavy atom. The van der Waals surface area contributed by atoms with Gasteiger partial charge in [0.15, 0.2) is 0 Å². The lowest BCUT2D eigenvalue weighted by Crippen LogP contribution is -2.43. The van der Waals surface area contributed by atoms with Crippen LogP contribution in [-0.4, -0.2) is 42.0 Å². The zero-order valence-corrected chi connectivity index (χ0v) is 7.57. The van der Waals surface area contributed by atoms with E-state index in [1.165, 1.54) is 6.42 Å². The first kappa shape index (κ1) is 9.68. The molecule has 70 valence electrons. The van der Waals surface area contributed by atoms with Gasteiger partial charge >= 0.3 is 0 Å². The van der Waals surface area contributed by atoms with Gasteiger partial charge in [0.1, 0.15) is 6.29 Å². The average Bonchev–Trinajstić information content (AvgIpc) is 2.05. The van der Waals surface area contributed by atoms with Gasteiger partial charge in [-0.2, -0.15) is 0 Å². The van der Waals surface area contributed by atoms with Crippen LogP contribution in [0, 0.1) is 0 Å². The number of hydrogen-bond donors (Lipinski definition) is 1. The van der Waals surface area contributed by atoms with E-state index in [1.54, 1.807) is 0 Å². The van der Waals surface area contributed by atoms with Gasteiger partial charge in [0.05, 0.1) is 12.6 Å². The Bertz CT molecular complexity index is 149. The summed E-state index contributed by atoms with van der Waals surface area (Å²) in [5.41, 5.74) is 0. The highest BCUT2D eigenvalue weighted by molar-refractivity contribution is 5.51. The summed E-state index contributed by atoms with van der Waals surface area (Å²) in [7, 11) is 1.90. The van der Waals surface area contributed by atoms with Crippen LogP contribution in [0.4, 0.5) is 0 Å². The molecule has 12 heavy (non-hydrogen) atoms. The molecule has 0 aromatic rings. The van der Waals surface area contributed by atoms with E-state index in [2.05, 4.69) is 0 Å². The molecule has 0 heterocycles. The fourth-order valence-corrected chi connectivity index (χ4v) is 1.86. The molecule has 1 saturated carbocycles. The molecule has 1 aliphatic carbocycles. The predicted octanol–water partition coefficient (Wildman–Crippen LogP) is 0.421. The summed E-state index contributed by atoms with van der Waals surface area (Å²) in [6, 6.07) is 0.198. The maximum atomic E-state index is 10.2. The van der Waals surface area contributed by atoms with Crippen molar-refractivity contribution in [2.24, 2.45) is 0 Å². The van der Waals surface area contributed by atoms with Gasteiger partial charge < -0.3 is 9.90 Å². The van der Waals surface area contributed by atoms with E-state index in [4.69, 9.17) is 0 Å². The second-order valence-corrected chi connectivity index (χ2v) is 3.53. The van der Waals surface area contributed by atoms with Gasteiger partial charge in [-0.05, 0) is 19.9 Å². The van der Waals surface area contributed by atoms with Crippen molar-refractivity contribution in [1.29, 1.82) is 0 Å². The number of aldehydes is 1. The van der Waals surface area contributed by atoms with Crippen LogP contribution in [0.15, 0.2) is 0 Å². The van der Waals surface area contributed by atoms with Gasteiger partial charge in [-0.3, -0.25) is 4.90 Å². The van der Waals surface area contributed by atoms with E-state index < -0.39 is 0 Å². The number of carbonyl (C=O) groups is 1. The Balaban J connectivity index is 2.41. The number of aliphatic hydroxyl groups is 1. The number of hydrogen-bond acceptors (Lipinski definition) is 3. The van der Waals surface area contributed by atoms with Gasteiger partial charge in [-0.1, -0.05) is 12.8 Å². The monoisotopic (exact) mass is 171 g/mol. The molecule has 1 N–H and O–H groups in total. The second-order valence-electron chi connectivity index (χ2n) is 3.53. The van der Waals surface area contributed by atoms with Crippen LogP contribution in [-0.2, 0) is 4.79 Å². The van der Waals surface area contributed by atoms with Crippen molar-refractivity contribution in [3.8, 4) is 0 Å². The van der Waals surface area contributed by atoms with E-state index in [9.17, 15) is 9.90 Å². The second kappa shape index (κ2) is 4.58. The molecule has 0 aliphatic heterocycles. The quantitative estimate of drug-likeness (QED) is 0.626. The van der Waals surface area contributed by atoms with Gasteiger partial charge in [-0.25, -0.2) is 0 Å². The van der Waals surface area contributed by atoms with Crippen LogP contribution in [0.3, 0.4) is 0 Å². The van der Waals surface area contributed by atoms with E-state index in [0.29, 0.717) is 6.54 Å². The van der Waals surface area contributed by atoms with E-state index in [0.717, 1.165) is 25.5 Å². The highest BCUT2D eigenvalue weighted by Crippen LogP contribution is 2.21. The van der Waals surface area contributed by atoms with Crippen LogP contribution in [0.2, 0.25) is 0 Å². The van der Waals surface area contributed by atoms with Crippen molar-refractivity contribution in [3.63, 3.8) is 0 Å². The molecule has 2 atom stereocenters. The third-order valence-electron chi connectivity index (χ3n) is 2.62. The minimum Gasteiger partial charge on any atom is -0.391 e. The zero-order chi connectivity index (χ0) is 8.97. The topological polar surface area (TPSA) is 40.5 Å². The molecule has 0 aromatic heterocycles. The molecular weight excluding hydrogens is 154 g/mol. The number of likely N-dealkylation sites (N-methyl/N-ethyl adjacent to an activating group) is 1. The lowest BCUT2D eigenvalue weighted by Gasteiger charge is -2.34. The minimum atomic E-state index is -0.233. The normalized spacial score (nSPS) is 30.6. The summed E-state index contributed by atoms with van der Waals surface area (Å²) in [5, 5.41) is 9.61. The highest BCUT2D eigenvalue weighted by Gasteiger charge is 2.25. The van der Waals surface area contributed by atoms with E-state index >= 15 is 0 Å². The first-order valence-corrected chi connectivity index (χ1v) is 4.57. The van der Waals surface area contributed by atoms with Crippen molar-refractivity contribution in [2.45, 2.75) is 37.8 Å². The fourth-order valence-electron chi connectivity index (χ4n) is 1.86. The first-order valence-electron chi connectivity index (χ1n) is 4.57. The van der Waals surface area contributed by atoms with Crippen LogP contribution >= 0.6 is 0 Å². The molecule has 3 nitrogen and oxygen atoms in total. The summed E-state index contributed by atoms with van der Waals surface area (Å²) in [5.74, 6) is 0. The third-order valence-corrected chi connectivity index (χ3v) is 2.62. The molecule has 1 rings (SSSR count). The molecule has 1 fully saturated rings. The first-order chi connectivity index (χ1) is 5.75. The van der Waals surface area contributed by atoms with Gasteiger partial charge in [0, 0.05) is 6.04 Å². The Morgan fingerprint density at radius 3 is 2.75 bits per heavy atom. The van der Waals surface area contributed by atoms with Crippen molar-refractivity contribution >= 4 is 6.29 Å². The van der Waals surface area contributed by atoms with Crippen LogP contribution in [0.5, 0.6) is 0 Å². The van der Waals surface area contributed by atoms with Gasteiger partial charge in [0.25, 0.3) is 0 Å². The Morgan fingerprint density at radius 1 is 1.50 bits per heavy atom. The summed E-state index contributed by atoms with van der Waals surface area (Å²) < 4.78 is 0. The van der Waals surface area contributed by atoms with E-state index in [1.807, 2.05) is 11.9 Å². The van der Waals surface area contributed by atoms with Crippen LogP contribution in [0.25, 0.3) is 0 Å². The fraction of sp³-hybridized carbons (Fsp3) is 0.889. The Labute approximate surface area is 73.4 Å². The minimum absolute atomic E-state index is 0.198. The molecule has 3 heteroatoms. The lowest BCUT2D eigenvalue weighted by molar-refractivity contribution is -0.109. The molecule has 1 aliphatic rings. The van der Waals surface area contributed by atoms with Crippen LogP contribution < -0.4 is 0 Å². The highest BCUT2D eigenvalue weighted by atomic mass is 16.3. The van der Waals surface area contributed by atoms with Crippen molar-refractivity contribution in [2.75, 3.05) is 13.6 Å². The smallest absolute Gasteiger partial charge is 0.133 e. The average molecular weight is 171 g/mol. The molecule has 2 unspecified atom stereocenters. The van der Waals surface area contributed by atoms with Crippen molar-refractivity contribution in [1.82, 2.24) is 4.90 Å². The Hall–Kier alpha value is -0.410. The molecule has 0 amide bonds. The molecule has 0 bridgehead atoms. The predicted molar refractivity (Wildman–Crippen MR) is 47.0 cm³/mol. The summed E-state index contributed by atoms with van der Waals surface area (Å²) in [6.07, 6.45) is 4.85. The van der Waals surface area contributed by atoms with Gasteiger partial charge in [-0.15, -0.1) is 0 Å². The number of aliphatic hydroxyl groups excluding tert-OH is 1. The molecular formula is C9H17NO2. The SMILES string of the molecule is CN(CC=O)C1CCCCC1O. The lowest BCUT2D eigenvalue weighted by atomic mass is 9.92. The molecule has 0 spiro atoms.